The van der Waals surface area contributed by atoms with Crippen molar-refractivity contribution in [3.8, 4) is 0 Å². The summed E-state index contributed by atoms with van der Waals surface area (Å²) in [6.45, 7) is 3.79. The number of aromatic nitrogens is 1. The van der Waals surface area contributed by atoms with Crippen LogP contribution in [0.3, 0.4) is 0 Å². The van der Waals surface area contributed by atoms with Crippen molar-refractivity contribution in [2.75, 3.05) is 5.32 Å². The first kappa shape index (κ1) is 15.4. The maximum atomic E-state index is 12.5. The Balaban J connectivity index is 1.53. The summed E-state index contributed by atoms with van der Waals surface area (Å²) in [5, 5.41) is 5.73. The third-order valence-corrected chi connectivity index (χ3v) is 4.34. The van der Waals surface area contributed by atoms with Crippen LogP contribution in [0.15, 0.2) is 40.8 Å². The lowest BCUT2D eigenvalue weighted by molar-refractivity contribution is -0.115. The number of nitrogens with one attached hydrogen (secondary N) is 2. The minimum Gasteiger partial charge on any atom is -0.449 e. The molecule has 0 saturated carbocycles. The van der Waals surface area contributed by atoms with Crippen molar-refractivity contribution in [2.45, 2.75) is 26.3 Å². The number of amides is 2. The van der Waals surface area contributed by atoms with Crippen molar-refractivity contribution in [2.24, 2.45) is 0 Å². The summed E-state index contributed by atoms with van der Waals surface area (Å²) in [6.07, 6.45) is 0.373. The zero-order valence-electron chi connectivity index (χ0n) is 13.9. The molecule has 0 unspecified atom stereocenters. The van der Waals surface area contributed by atoms with E-state index in [0.717, 1.165) is 22.5 Å². The average molecular weight is 335 g/mol. The van der Waals surface area contributed by atoms with Gasteiger partial charge < -0.3 is 15.1 Å². The predicted octanol–water partition coefficient (Wildman–Crippen LogP) is 3.12. The van der Waals surface area contributed by atoms with Crippen LogP contribution in [0.4, 0.5) is 5.69 Å². The van der Waals surface area contributed by atoms with E-state index in [0.29, 0.717) is 17.5 Å². The number of carbonyl (C=O) groups is 2. The van der Waals surface area contributed by atoms with Crippen molar-refractivity contribution in [1.82, 2.24) is 10.3 Å². The topological polar surface area (TPSA) is 84.2 Å². The summed E-state index contributed by atoms with van der Waals surface area (Å²) in [5.74, 6) is -0.0651. The second-order valence-electron chi connectivity index (χ2n) is 6.28. The summed E-state index contributed by atoms with van der Waals surface area (Å²) in [5.41, 5.74) is 4.85. The molecular weight excluding hydrogens is 318 g/mol. The number of benzene rings is 1. The van der Waals surface area contributed by atoms with E-state index < -0.39 is 0 Å². The van der Waals surface area contributed by atoms with Crippen LogP contribution in [-0.4, -0.2) is 16.8 Å². The van der Waals surface area contributed by atoms with Gasteiger partial charge in [0.05, 0.1) is 12.5 Å². The average Bonchev–Trinajstić information content (AvgIpc) is 3.15. The molecule has 1 aromatic carbocycles. The molecule has 0 saturated heterocycles. The van der Waals surface area contributed by atoms with E-state index in [-0.39, 0.29) is 23.6 Å². The fourth-order valence-electron chi connectivity index (χ4n) is 3.01. The van der Waals surface area contributed by atoms with Gasteiger partial charge in [-0.2, -0.15) is 0 Å². The first-order valence-corrected chi connectivity index (χ1v) is 8.10. The number of carbonyl (C=O) groups excluding carboxylic acids is 2. The van der Waals surface area contributed by atoms with Crippen molar-refractivity contribution < 1.29 is 14.0 Å². The maximum Gasteiger partial charge on any atom is 0.287 e. The third-order valence-electron chi connectivity index (χ3n) is 4.34. The van der Waals surface area contributed by atoms with E-state index in [2.05, 4.69) is 15.6 Å². The first-order chi connectivity index (χ1) is 12.0. The van der Waals surface area contributed by atoms with Crippen LogP contribution < -0.4 is 10.6 Å². The Morgan fingerprint density at radius 3 is 2.96 bits per heavy atom. The minimum absolute atomic E-state index is 0.00564. The van der Waals surface area contributed by atoms with Gasteiger partial charge in [0.1, 0.15) is 5.52 Å². The van der Waals surface area contributed by atoms with Crippen LogP contribution >= 0.6 is 0 Å². The normalized spacial score (nSPS) is 14.2. The number of furan rings is 1. The van der Waals surface area contributed by atoms with E-state index in [1.165, 1.54) is 0 Å². The molecule has 126 valence electrons. The number of fused-ring (bicyclic) bond motifs is 2. The highest BCUT2D eigenvalue weighted by molar-refractivity contribution is 5.99. The fraction of sp³-hybridized carbons (Fsp3) is 0.211. The minimum atomic E-state index is -0.294. The smallest absolute Gasteiger partial charge is 0.287 e. The standard InChI is InChI=1S/C19H17N3O3/c1-10-3-6-16-15(20-10)9-17(25-16)19(24)21-11(2)12-4-5-14-13(7-12)8-18(23)22-14/h3-7,9,11H,8H2,1-2H3,(H,21,24)(H,22,23)/t11-/m1/s1. The Morgan fingerprint density at radius 2 is 2.12 bits per heavy atom. The van der Waals surface area contributed by atoms with Gasteiger partial charge in [0.15, 0.2) is 11.3 Å². The SMILES string of the molecule is Cc1ccc2oc(C(=O)N[C@H](C)c3ccc4c(c3)CC(=O)N4)cc2n1. The predicted molar refractivity (Wildman–Crippen MR) is 93.4 cm³/mol. The van der Waals surface area contributed by atoms with Crippen LogP contribution in [0.5, 0.6) is 0 Å². The maximum absolute atomic E-state index is 12.5. The largest absolute Gasteiger partial charge is 0.449 e. The number of nitrogens with zero attached hydrogens (tertiary/aromatic N) is 1. The molecule has 3 aromatic rings. The van der Waals surface area contributed by atoms with E-state index in [1.807, 2.05) is 44.2 Å². The second-order valence-corrected chi connectivity index (χ2v) is 6.28. The lowest BCUT2D eigenvalue weighted by Gasteiger charge is -2.14. The molecule has 0 radical (unpaired) electrons. The molecule has 0 aliphatic carbocycles. The van der Waals surface area contributed by atoms with Gasteiger partial charge >= 0.3 is 0 Å². The second kappa shape index (κ2) is 5.73. The molecular formula is C19H17N3O3. The third kappa shape index (κ3) is 2.87. The lowest BCUT2D eigenvalue weighted by atomic mass is 10.0. The number of rotatable bonds is 3. The summed E-state index contributed by atoms with van der Waals surface area (Å²) >= 11 is 0. The number of hydrogen-bond donors (Lipinski definition) is 2. The van der Waals surface area contributed by atoms with Crippen LogP contribution in [0.25, 0.3) is 11.1 Å². The Morgan fingerprint density at radius 1 is 1.28 bits per heavy atom. The molecule has 6 nitrogen and oxygen atoms in total. The Hall–Kier alpha value is -3.15. The van der Waals surface area contributed by atoms with Crippen LogP contribution in [0.1, 0.15) is 40.3 Å². The molecule has 2 N–H and O–H groups in total. The fourth-order valence-corrected chi connectivity index (χ4v) is 3.01. The highest BCUT2D eigenvalue weighted by Crippen LogP contribution is 2.26. The zero-order valence-corrected chi connectivity index (χ0v) is 13.9. The molecule has 6 heteroatoms. The molecule has 0 fully saturated rings. The molecule has 1 aliphatic rings. The molecule has 2 amide bonds. The van der Waals surface area contributed by atoms with Crippen molar-refractivity contribution in [3.05, 3.63) is 59.0 Å². The highest BCUT2D eigenvalue weighted by atomic mass is 16.3. The quantitative estimate of drug-likeness (QED) is 0.770. The monoisotopic (exact) mass is 335 g/mol. The van der Waals surface area contributed by atoms with Gasteiger partial charge in [0, 0.05) is 17.4 Å². The van der Waals surface area contributed by atoms with Gasteiger partial charge in [-0.05, 0) is 43.2 Å². The molecule has 0 spiro atoms. The van der Waals surface area contributed by atoms with E-state index in [1.54, 1.807) is 6.07 Å². The van der Waals surface area contributed by atoms with Gasteiger partial charge in [-0.15, -0.1) is 0 Å². The van der Waals surface area contributed by atoms with Crippen LogP contribution in [-0.2, 0) is 11.2 Å². The van der Waals surface area contributed by atoms with Gasteiger partial charge in [-0.3, -0.25) is 9.59 Å². The molecule has 1 aliphatic heterocycles. The molecule has 25 heavy (non-hydrogen) atoms. The Bertz CT molecular complexity index is 1010. The Labute approximate surface area is 144 Å². The highest BCUT2D eigenvalue weighted by Gasteiger charge is 2.20. The molecule has 1 atom stereocenters. The van der Waals surface area contributed by atoms with Crippen molar-refractivity contribution >= 4 is 28.6 Å². The van der Waals surface area contributed by atoms with Gasteiger partial charge in [0.2, 0.25) is 5.91 Å². The molecule has 3 heterocycles. The van der Waals surface area contributed by atoms with E-state index in [4.69, 9.17) is 4.42 Å². The van der Waals surface area contributed by atoms with Gasteiger partial charge in [0.25, 0.3) is 5.91 Å². The molecule has 0 bridgehead atoms. The summed E-state index contributed by atoms with van der Waals surface area (Å²) < 4.78 is 5.58. The summed E-state index contributed by atoms with van der Waals surface area (Å²) in [4.78, 5) is 28.3. The van der Waals surface area contributed by atoms with E-state index in [9.17, 15) is 9.59 Å². The molecule has 2 aromatic heterocycles. The van der Waals surface area contributed by atoms with Crippen LogP contribution in [0.2, 0.25) is 0 Å². The van der Waals surface area contributed by atoms with Gasteiger partial charge in [-0.25, -0.2) is 4.98 Å². The first-order valence-electron chi connectivity index (χ1n) is 8.10. The van der Waals surface area contributed by atoms with Crippen molar-refractivity contribution in [1.29, 1.82) is 0 Å². The number of hydrogen-bond acceptors (Lipinski definition) is 4. The van der Waals surface area contributed by atoms with Gasteiger partial charge in [-0.1, -0.05) is 12.1 Å². The summed E-state index contributed by atoms with van der Waals surface area (Å²) in [7, 11) is 0. The zero-order chi connectivity index (χ0) is 17.6. The van der Waals surface area contributed by atoms with E-state index >= 15 is 0 Å². The molecule has 4 rings (SSSR count). The Kier molecular flexibility index (Phi) is 3.53. The van der Waals surface area contributed by atoms with Crippen molar-refractivity contribution in [3.63, 3.8) is 0 Å². The summed E-state index contributed by atoms with van der Waals surface area (Å²) in [6, 6.07) is 10.8. The lowest BCUT2D eigenvalue weighted by Crippen LogP contribution is -2.26. The number of anilines is 1. The number of aryl methyl sites for hydroxylation is 1. The number of pyridine rings is 1. The van der Waals surface area contributed by atoms with Crippen LogP contribution in [0, 0.1) is 6.92 Å².